The molecule has 88 valence electrons. The highest BCUT2D eigenvalue weighted by molar-refractivity contribution is 9.10. The maximum absolute atomic E-state index is 11.4. The van der Waals surface area contributed by atoms with Gasteiger partial charge in [-0.15, -0.1) is 0 Å². The van der Waals surface area contributed by atoms with Crippen LogP contribution in [0.25, 0.3) is 0 Å². The van der Waals surface area contributed by atoms with Crippen molar-refractivity contribution in [1.82, 2.24) is 0 Å². The Labute approximate surface area is 104 Å². The summed E-state index contributed by atoms with van der Waals surface area (Å²) >= 11 is 3.36. The summed E-state index contributed by atoms with van der Waals surface area (Å²) < 4.78 is 6.15. The number of nitrogens with one attached hydrogen (secondary N) is 1. The fraction of sp³-hybridized carbons (Fsp3) is 0.417. The highest BCUT2D eigenvalue weighted by Crippen LogP contribution is 2.15. The molecule has 1 aromatic rings. The summed E-state index contributed by atoms with van der Waals surface area (Å²) in [5.74, 6) is -0.257. The summed E-state index contributed by atoms with van der Waals surface area (Å²) in [6, 6.07) is 7.64. The zero-order chi connectivity index (χ0) is 12.2. The first-order valence-corrected chi connectivity index (χ1v) is 5.87. The van der Waals surface area contributed by atoms with Crippen LogP contribution < -0.4 is 5.32 Å². The third kappa shape index (κ3) is 5.16. The van der Waals surface area contributed by atoms with Gasteiger partial charge in [-0.3, -0.25) is 4.79 Å². The lowest BCUT2D eigenvalue weighted by atomic mass is 10.2. The van der Waals surface area contributed by atoms with Crippen LogP contribution in [0.1, 0.15) is 20.8 Å². The van der Waals surface area contributed by atoms with E-state index in [9.17, 15) is 4.79 Å². The van der Waals surface area contributed by atoms with E-state index in [1.54, 1.807) is 0 Å². The third-order valence-electron chi connectivity index (χ3n) is 1.68. The molecule has 0 amide bonds. The van der Waals surface area contributed by atoms with Crippen molar-refractivity contribution in [2.75, 3.05) is 11.9 Å². The first-order valence-electron chi connectivity index (χ1n) is 5.08. The van der Waals surface area contributed by atoms with E-state index in [0.29, 0.717) is 0 Å². The smallest absolute Gasteiger partial charge is 0.325 e. The monoisotopic (exact) mass is 285 g/mol. The van der Waals surface area contributed by atoms with Crippen LogP contribution >= 0.6 is 15.9 Å². The van der Waals surface area contributed by atoms with Crippen LogP contribution in [0.2, 0.25) is 0 Å². The van der Waals surface area contributed by atoms with Crippen LogP contribution in [0.15, 0.2) is 28.7 Å². The zero-order valence-electron chi connectivity index (χ0n) is 9.71. The van der Waals surface area contributed by atoms with Crippen LogP contribution in [-0.4, -0.2) is 18.1 Å². The summed E-state index contributed by atoms with van der Waals surface area (Å²) in [4.78, 5) is 11.4. The van der Waals surface area contributed by atoms with E-state index in [2.05, 4.69) is 21.2 Å². The Morgan fingerprint density at radius 3 is 2.69 bits per heavy atom. The van der Waals surface area contributed by atoms with Gasteiger partial charge in [-0.1, -0.05) is 22.0 Å². The predicted molar refractivity (Wildman–Crippen MR) is 68.5 cm³/mol. The van der Waals surface area contributed by atoms with Gasteiger partial charge in [0.25, 0.3) is 0 Å². The van der Waals surface area contributed by atoms with Crippen molar-refractivity contribution in [2.45, 2.75) is 26.4 Å². The molecule has 0 atom stereocenters. The van der Waals surface area contributed by atoms with Gasteiger partial charge in [-0.25, -0.2) is 0 Å². The molecular weight excluding hydrogens is 270 g/mol. The zero-order valence-corrected chi connectivity index (χ0v) is 11.3. The third-order valence-corrected chi connectivity index (χ3v) is 2.17. The van der Waals surface area contributed by atoms with Crippen molar-refractivity contribution in [2.24, 2.45) is 0 Å². The van der Waals surface area contributed by atoms with Gasteiger partial charge in [0.2, 0.25) is 0 Å². The number of esters is 1. The Balaban J connectivity index is 2.43. The Kier molecular flexibility index (Phi) is 4.35. The Bertz CT molecular complexity index is 372. The highest BCUT2D eigenvalue weighted by Gasteiger charge is 2.15. The minimum atomic E-state index is -0.434. The van der Waals surface area contributed by atoms with E-state index in [4.69, 9.17) is 4.74 Å². The van der Waals surface area contributed by atoms with Gasteiger partial charge in [-0.2, -0.15) is 0 Å². The largest absolute Gasteiger partial charge is 0.459 e. The second kappa shape index (κ2) is 5.34. The molecule has 0 bridgehead atoms. The molecule has 0 saturated carbocycles. The van der Waals surface area contributed by atoms with Crippen LogP contribution in [0.4, 0.5) is 5.69 Å². The molecular formula is C12H16BrNO2. The van der Waals surface area contributed by atoms with E-state index in [-0.39, 0.29) is 12.5 Å². The normalized spacial score (nSPS) is 11.0. The summed E-state index contributed by atoms with van der Waals surface area (Å²) in [5, 5.41) is 3.00. The van der Waals surface area contributed by atoms with E-state index in [1.807, 2.05) is 45.0 Å². The standard InChI is InChI=1S/C12H16BrNO2/c1-12(2,3)16-11(15)8-14-10-6-4-5-9(13)7-10/h4-7,14H,8H2,1-3H3. The number of halogens is 1. The quantitative estimate of drug-likeness (QED) is 0.867. The predicted octanol–water partition coefficient (Wildman–Crippen LogP) is 3.20. The number of anilines is 1. The van der Waals surface area contributed by atoms with Crippen molar-refractivity contribution < 1.29 is 9.53 Å². The topological polar surface area (TPSA) is 38.3 Å². The van der Waals surface area contributed by atoms with E-state index in [0.717, 1.165) is 10.2 Å². The number of ether oxygens (including phenoxy) is 1. The molecule has 0 aliphatic rings. The molecule has 0 aliphatic heterocycles. The molecule has 0 spiro atoms. The second-order valence-corrected chi connectivity index (χ2v) is 5.37. The molecule has 4 heteroatoms. The lowest BCUT2D eigenvalue weighted by molar-refractivity contribution is -0.152. The van der Waals surface area contributed by atoms with E-state index >= 15 is 0 Å². The molecule has 16 heavy (non-hydrogen) atoms. The molecule has 0 radical (unpaired) electrons. The molecule has 3 nitrogen and oxygen atoms in total. The fourth-order valence-corrected chi connectivity index (χ4v) is 1.55. The van der Waals surface area contributed by atoms with Crippen molar-refractivity contribution in [3.63, 3.8) is 0 Å². The van der Waals surface area contributed by atoms with Gasteiger partial charge in [0.05, 0.1) is 0 Å². The number of hydrogen-bond acceptors (Lipinski definition) is 3. The molecule has 0 fully saturated rings. The van der Waals surface area contributed by atoms with Crippen molar-refractivity contribution in [3.8, 4) is 0 Å². The molecule has 0 unspecified atom stereocenters. The van der Waals surface area contributed by atoms with E-state index in [1.165, 1.54) is 0 Å². The number of carbonyl (C=O) groups is 1. The van der Waals surface area contributed by atoms with Gasteiger partial charge in [0.1, 0.15) is 12.1 Å². The molecule has 1 N–H and O–H groups in total. The molecule has 1 aromatic carbocycles. The number of rotatable bonds is 3. The van der Waals surface area contributed by atoms with Gasteiger partial charge < -0.3 is 10.1 Å². The first kappa shape index (κ1) is 13.0. The summed E-state index contributed by atoms with van der Waals surface area (Å²) in [6.07, 6.45) is 0. The van der Waals surface area contributed by atoms with Gasteiger partial charge in [0, 0.05) is 10.2 Å². The van der Waals surface area contributed by atoms with Crippen LogP contribution in [0.3, 0.4) is 0 Å². The van der Waals surface area contributed by atoms with Crippen LogP contribution in [0, 0.1) is 0 Å². The molecule has 0 heterocycles. The first-order chi connectivity index (χ1) is 7.37. The lowest BCUT2D eigenvalue weighted by Crippen LogP contribution is -2.28. The van der Waals surface area contributed by atoms with Crippen LogP contribution in [-0.2, 0) is 9.53 Å². The lowest BCUT2D eigenvalue weighted by Gasteiger charge is -2.19. The van der Waals surface area contributed by atoms with Crippen molar-refractivity contribution in [3.05, 3.63) is 28.7 Å². The van der Waals surface area contributed by atoms with Crippen molar-refractivity contribution in [1.29, 1.82) is 0 Å². The SMILES string of the molecule is CC(C)(C)OC(=O)CNc1cccc(Br)c1. The summed E-state index contributed by atoms with van der Waals surface area (Å²) in [7, 11) is 0. The van der Waals surface area contributed by atoms with Crippen molar-refractivity contribution >= 4 is 27.6 Å². The van der Waals surface area contributed by atoms with Gasteiger partial charge >= 0.3 is 5.97 Å². The molecule has 0 saturated heterocycles. The highest BCUT2D eigenvalue weighted by atomic mass is 79.9. The maximum atomic E-state index is 11.4. The van der Waals surface area contributed by atoms with Gasteiger partial charge in [0.15, 0.2) is 0 Å². The average molecular weight is 286 g/mol. The Hall–Kier alpha value is -1.03. The number of hydrogen-bond donors (Lipinski definition) is 1. The Morgan fingerprint density at radius 1 is 1.44 bits per heavy atom. The summed E-state index contributed by atoms with van der Waals surface area (Å²) in [6.45, 7) is 5.73. The van der Waals surface area contributed by atoms with Crippen LogP contribution in [0.5, 0.6) is 0 Å². The second-order valence-electron chi connectivity index (χ2n) is 4.45. The average Bonchev–Trinajstić information content (AvgIpc) is 2.12. The van der Waals surface area contributed by atoms with Gasteiger partial charge in [-0.05, 0) is 39.0 Å². The maximum Gasteiger partial charge on any atom is 0.325 e. The number of carbonyl (C=O) groups excluding carboxylic acids is 1. The fourth-order valence-electron chi connectivity index (χ4n) is 1.15. The molecule has 1 rings (SSSR count). The molecule has 0 aliphatic carbocycles. The number of benzene rings is 1. The van der Waals surface area contributed by atoms with E-state index < -0.39 is 5.60 Å². The Morgan fingerprint density at radius 2 is 2.12 bits per heavy atom. The minimum absolute atomic E-state index is 0.174. The minimum Gasteiger partial charge on any atom is -0.459 e. The molecule has 0 aromatic heterocycles. The summed E-state index contributed by atoms with van der Waals surface area (Å²) in [5.41, 5.74) is 0.455.